The van der Waals surface area contributed by atoms with Crippen LogP contribution < -0.4 is 5.32 Å². The highest BCUT2D eigenvalue weighted by Crippen LogP contribution is 2.36. The van der Waals surface area contributed by atoms with Gasteiger partial charge in [0, 0.05) is 32.2 Å². The van der Waals surface area contributed by atoms with Gasteiger partial charge in [-0.05, 0) is 49.7 Å². The molecule has 0 unspecified atom stereocenters. The molecule has 1 heterocycles. The summed E-state index contributed by atoms with van der Waals surface area (Å²) in [5.74, 6) is 0.806. The van der Waals surface area contributed by atoms with Crippen molar-refractivity contribution in [2.24, 2.45) is 0 Å². The standard InChI is InChI=1S/C17H26N2/c1-14-4-2-3-5-17(14)15-6-8-16(9-7-15)19-12-10-18-11-13-19/h2-5,15-16,18H,6-13H2,1H3. The Morgan fingerprint density at radius 2 is 1.68 bits per heavy atom. The number of aryl methyl sites for hydroxylation is 1. The monoisotopic (exact) mass is 258 g/mol. The highest BCUT2D eigenvalue weighted by Gasteiger charge is 2.27. The summed E-state index contributed by atoms with van der Waals surface area (Å²) < 4.78 is 0. The van der Waals surface area contributed by atoms with Crippen LogP contribution in [-0.4, -0.2) is 37.1 Å². The first-order chi connectivity index (χ1) is 9.34. The predicted molar refractivity (Wildman–Crippen MR) is 80.6 cm³/mol. The summed E-state index contributed by atoms with van der Waals surface area (Å²) in [4.78, 5) is 2.71. The van der Waals surface area contributed by atoms with E-state index in [1.54, 1.807) is 5.56 Å². The summed E-state index contributed by atoms with van der Waals surface area (Å²) in [6.07, 6.45) is 5.52. The van der Waals surface area contributed by atoms with Gasteiger partial charge in [-0.3, -0.25) is 4.90 Å². The number of hydrogen-bond acceptors (Lipinski definition) is 2. The van der Waals surface area contributed by atoms with Crippen LogP contribution in [0.2, 0.25) is 0 Å². The van der Waals surface area contributed by atoms with Crippen molar-refractivity contribution in [3.63, 3.8) is 0 Å². The van der Waals surface area contributed by atoms with Gasteiger partial charge in [-0.1, -0.05) is 24.3 Å². The average Bonchev–Trinajstić information content (AvgIpc) is 2.49. The van der Waals surface area contributed by atoms with Gasteiger partial charge >= 0.3 is 0 Å². The van der Waals surface area contributed by atoms with E-state index < -0.39 is 0 Å². The summed E-state index contributed by atoms with van der Waals surface area (Å²) in [5, 5.41) is 3.45. The van der Waals surface area contributed by atoms with E-state index in [0.29, 0.717) is 0 Å². The normalized spacial score (nSPS) is 29.3. The molecular formula is C17H26N2. The number of nitrogens with zero attached hydrogens (tertiary/aromatic N) is 1. The Kier molecular flexibility index (Phi) is 4.19. The van der Waals surface area contributed by atoms with Gasteiger partial charge in [-0.25, -0.2) is 0 Å². The van der Waals surface area contributed by atoms with Gasteiger partial charge in [-0.15, -0.1) is 0 Å². The molecule has 1 saturated heterocycles. The number of hydrogen-bond donors (Lipinski definition) is 1. The van der Waals surface area contributed by atoms with Crippen molar-refractivity contribution in [3.05, 3.63) is 35.4 Å². The molecule has 1 aromatic carbocycles. The van der Waals surface area contributed by atoms with Crippen LogP contribution in [-0.2, 0) is 0 Å². The zero-order chi connectivity index (χ0) is 13.1. The van der Waals surface area contributed by atoms with Crippen LogP contribution in [0.25, 0.3) is 0 Å². The highest BCUT2D eigenvalue weighted by molar-refractivity contribution is 5.29. The molecule has 1 saturated carbocycles. The molecule has 19 heavy (non-hydrogen) atoms. The van der Waals surface area contributed by atoms with E-state index in [2.05, 4.69) is 41.4 Å². The summed E-state index contributed by atoms with van der Waals surface area (Å²) in [6.45, 7) is 7.12. The zero-order valence-corrected chi connectivity index (χ0v) is 12.1. The van der Waals surface area contributed by atoms with E-state index in [0.717, 1.165) is 12.0 Å². The summed E-state index contributed by atoms with van der Waals surface area (Å²) in [6, 6.07) is 9.81. The summed E-state index contributed by atoms with van der Waals surface area (Å²) in [5.41, 5.74) is 3.08. The van der Waals surface area contributed by atoms with Gasteiger partial charge < -0.3 is 5.32 Å². The van der Waals surface area contributed by atoms with Crippen LogP contribution >= 0.6 is 0 Å². The molecule has 1 aromatic rings. The minimum atomic E-state index is 0.806. The number of benzene rings is 1. The first-order valence-corrected chi connectivity index (χ1v) is 7.85. The molecule has 0 amide bonds. The molecule has 104 valence electrons. The molecule has 1 N–H and O–H groups in total. The molecule has 2 nitrogen and oxygen atoms in total. The first kappa shape index (κ1) is 13.1. The molecule has 0 spiro atoms. The van der Waals surface area contributed by atoms with Gasteiger partial charge in [0.05, 0.1) is 0 Å². The van der Waals surface area contributed by atoms with E-state index in [1.807, 2.05) is 0 Å². The molecule has 1 aliphatic heterocycles. The van der Waals surface area contributed by atoms with Crippen molar-refractivity contribution in [2.45, 2.75) is 44.6 Å². The number of piperazine rings is 1. The van der Waals surface area contributed by atoms with Crippen molar-refractivity contribution in [1.29, 1.82) is 0 Å². The fourth-order valence-corrected chi connectivity index (χ4v) is 3.84. The van der Waals surface area contributed by atoms with E-state index in [1.165, 1.54) is 57.4 Å². The Hall–Kier alpha value is -0.860. The lowest BCUT2D eigenvalue weighted by Gasteiger charge is -2.39. The fourth-order valence-electron chi connectivity index (χ4n) is 3.84. The molecular weight excluding hydrogens is 232 g/mol. The first-order valence-electron chi connectivity index (χ1n) is 7.85. The van der Waals surface area contributed by atoms with Crippen LogP contribution in [0.3, 0.4) is 0 Å². The minimum Gasteiger partial charge on any atom is -0.314 e. The minimum absolute atomic E-state index is 0.806. The van der Waals surface area contributed by atoms with Crippen molar-refractivity contribution in [2.75, 3.05) is 26.2 Å². The van der Waals surface area contributed by atoms with Crippen molar-refractivity contribution in [3.8, 4) is 0 Å². The van der Waals surface area contributed by atoms with Gasteiger partial charge in [0.1, 0.15) is 0 Å². The second-order valence-electron chi connectivity index (χ2n) is 6.15. The zero-order valence-electron chi connectivity index (χ0n) is 12.1. The van der Waals surface area contributed by atoms with Crippen molar-refractivity contribution >= 4 is 0 Å². The number of rotatable bonds is 2. The quantitative estimate of drug-likeness (QED) is 0.877. The van der Waals surface area contributed by atoms with E-state index in [-0.39, 0.29) is 0 Å². The Bertz CT molecular complexity index is 401. The molecule has 0 bridgehead atoms. The Labute approximate surface area is 117 Å². The third-order valence-corrected chi connectivity index (χ3v) is 4.99. The smallest absolute Gasteiger partial charge is 0.0110 e. The van der Waals surface area contributed by atoms with E-state index in [4.69, 9.17) is 0 Å². The fraction of sp³-hybridized carbons (Fsp3) is 0.647. The third-order valence-electron chi connectivity index (χ3n) is 4.99. The molecule has 0 atom stereocenters. The summed E-state index contributed by atoms with van der Waals surface area (Å²) in [7, 11) is 0. The SMILES string of the molecule is Cc1ccccc1C1CCC(N2CCNCC2)CC1. The van der Waals surface area contributed by atoms with Gasteiger partial charge in [0.25, 0.3) is 0 Å². The molecule has 2 aliphatic rings. The molecule has 2 fully saturated rings. The predicted octanol–water partition coefficient (Wildman–Crippen LogP) is 2.93. The van der Waals surface area contributed by atoms with Gasteiger partial charge in [0.15, 0.2) is 0 Å². The Balaban J connectivity index is 1.58. The third kappa shape index (κ3) is 3.01. The van der Waals surface area contributed by atoms with E-state index >= 15 is 0 Å². The summed E-state index contributed by atoms with van der Waals surface area (Å²) >= 11 is 0. The maximum absolute atomic E-state index is 3.45. The Morgan fingerprint density at radius 1 is 1.00 bits per heavy atom. The van der Waals surface area contributed by atoms with Crippen LogP contribution in [0, 0.1) is 6.92 Å². The molecule has 1 aliphatic carbocycles. The van der Waals surface area contributed by atoms with Crippen LogP contribution in [0.5, 0.6) is 0 Å². The lowest BCUT2D eigenvalue weighted by molar-refractivity contribution is 0.133. The van der Waals surface area contributed by atoms with Crippen molar-refractivity contribution < 1.29 is 0 Å². The van der Waals surface area contributed by atoms with Crippen LogP contribution in [0.15, 0.2) is 24.3 Å². The molecule has 2 heteroatoms. The molecule has 0 aromatic heterocycles. The Morgan fingerprint density at radius 3 is 2.37 bits per heavy atom. The second kappa shape index (κ2) is 6.06. The second-order valence-corrected chi connectivity index (χ2v) is 6.15. The maximum atomic E-state index is 3.45. The lowest BCUT2D eigenvalue weighted by atomic mass is 9.80. The van der Waals surface area contributed by atoms with Crippen LogP contribution in [0.1, 0.15) is 42.7 Å². The molecule has 0 radical (unpaired) electrons. The number of nitrogens with one attached hydrogen (secondary N) is 1. The maximum Gasteiger partial charge on any atom is 0.0110 e. The van der Waals surface area contributed by atoms with Crippen LogP contribution in [0.4, 0.5) is 0 Å². The average molecular weight is 258 g/mol. The lowest BCUT2D eigenvalue weighted by Crippen LogP contribution is -2.49. The highest BCUT2D eigenvalue weighted by atomic mass is 15.2. The van der Waals surface area contributed by atoms with E-state index in [9.17, 15) is 0 Å². The molecule has 3 rings (SSSR count). The van der Waals surface area contributed by atoms with Gasteiger partial charge in [0.2, 0.25) is 0 Å². The topological polar surface area (TPSA) is 15.3 Å². The van der Waals surface area contributed by atoms with Crippen molar-refractivity contribution in [1.82, 2.24) is 10.2 Å². The largest absolute Gasteiger partial charge is 0.314 e. The van der Waals surface area contributed by atoms with Gasteiger partial charge in [-0.2, -0.15) is 0 Å².